The highest BCUT2D eigenvalue weighted by Gasteiger charge is 2.21. The summed E-state index contributed by atoms with van der Waals surface area (Å²) in [6, 6.07) is 7.28. The lowest BCUT2D eigenvalue weighted by Gasteiger charge is -2.34. The molecule has 1 aliphatic heterocycles. The molecule has 100 valence electrons. The number of alkyl halides is 1. The fourth-order valence-electron chi connectivity index (χ4n) is 2.70. The minimum atomic E-state index is 0.116. The van der Waals surface area contributed by atoms with Gasteiger partial charge >= 0.3 is 0 Å². The molecule has 0 spiro atoms. The van der Waals surface area contributed by atoms with Gasteiger partial charge in [0.2, 0.25) is 0 Å². The van der Waals surface area contributed by atoms with Crippen LogP contribution in [0.25, 0.3) is 0 Å². The molecule has 1 nitrogen and oxygen atoms in total. The molecule has 2 rings (SSSR count). The quantitative estimate of drug-likeness (QED) is 0.730. The zero-order valence-electron chi connectivity index (χ0n) is 11.7. The Labute approximate surface area is 116 Å². The number of halogens is 1. The summed E-state index contributed by atoms with van der Waals surface area (Å²) >= 11 is 6.59. The van der Waals surface area contributed by atoms with Gasteiger partial charge in [-0.25, -0.2) is 0 Å². The van der Waals surface area contributed by atoms with Crippen molar-refractivity contribution in [1.29, 1.82) is 0 Å². The van der Waals surface area contributed by atoms with Crippen LogP contribution in [0.5, 0.6) is 0 Å². The van der Waals surface area contributed by atoms with E-state index in [2.05, 4.69) is 43.9 Å². The van der Waals surface area contributed by atoms with Crippen molar-refractivity contribution in [2.75, 3.05) is 13.1 Å². The van der Waals surface area contributed by atoms with Gasteiger partial charge in [-0.15, -0.1) is 11.6 Å². The van der Waals surface area contributed by atoms with Gasteiger partial charge in [0.05, 0.1) is 5.38 Å². The van der Waals surface area contributed by atoms with Gasteiger partial charge < -0.3 is 0 Å². The molecule has 0 radical (unpaired) electrons. The Kier molecular flexibility index (Phi) is 4.69. The van der Waals surface area contributed by atoms with E-state index < -0.39 is 0 Å². The van der Waals surface area contributed by atoms with Crippen LogP contribution in [0.1, 0.15) is 48.3 Å². The second kappa shape index (κ2) is 6.08. The van der Waals surface area contributed by atoms with E-state index in [1.165, 1.54) is 42.5 Å². The van der Waals surface area contributed by atoms with E-state index in [1.807, 2.05) is 0 Å². The zero-order valence-corrected chi connectivity index (χ0v) is 12.5. The Morgan fingerprint density at radius 3 is 2.72 bits per heavy atom. The molecule has 1 fully saturated rings. The smallest absolute Gasteiger partial charge is 0.0712 e. The molecule has 2 unspecified atom stereocenters. The van der Waals surface area contributed by atoms with Crippen molar-refractivity contribution in [2.45, 2.75) is 51.5 Å². The van der Waals surface area contributed by atoms with Crippen LogP contribution in [0, 0.1) is 13.8 Å². The monoisotopic (exact) mass is 265 g/mol. The van der Waals surface area contributed by atoms with Gasteiger partial charge in [0.25, 0.3) is 0 Å². The average Bonchev–Trinajstić information content (AvgIpc) is 2.35. The Balaban J connectivity index is 2.02. The van der Waals surface area contributed by atoms with E-state index in [0.29, 0.717) is 6.04 Å². The maximum atomic E-state index is 6.59. The minimum absolute atomic E-state index is 0.116. The highest BCUT2D eigenvalue weighted by Crippen LogP contribution is 2.26. The van der Waals surface area contributed by atoms with Crippen LogP contribution in [0.3, 0.4) is 0 Å². The summed E-state index contributed by atoms with van der Waals surface area (Å²) in [6.07, 6.45) is 4.01. The van der Waals surface area contributed by atoms with Crippen molar-refractivity contribution >= 4 is 11.6 Å². The molecule has 0 amide bonds. The molecule has 1 aromatic carbocycles. The molecule has 1 aromatic rings. The van der Waals surface area contributed by atoms with Crippen LogP contribution in [-0.2, 0) is 0 Å². The second-order valence-corrected chi connectivity index (χ2v) is 6.18. The third-order valence-electron chi connectivity index (χ3n) is 4.23. The van der Waals surface area contributed by atoms with Gasteiger partial charge in [0.1, 0.15) is 0 Å². The van der Waals surface area contributed by atoms with Crippen LogP contribution < -0.4 is 0 Å². The van der Waals surface area contributed by atoms with Gasteiger partial charge in [0.15, 0.2) is 0 Å². The van der Waals surface area contributed by atoms with Crippen LogP contribution in [-0.4, -0.2) is 24.0 Å². The summed E-state index contributed by atoms with van der Waals surface area (Å²) in [5.41, 5.74) is 3.94. The number of hydrogen-bond donors (Lipinski definition) is 0. The molecule has 0 N–H and O–H groups in total. The van der Waals surface area contributed by atoms with Gasteiger partial charge in [-0.2, -0.15) is 0 Å². The lowest BCUT2D eigenvalue weighted by atomic mass is 10.0. The summed E-state index contributed by atoms with van der Waals surface area (Å²) in [7, 11) is 0. The molecular weight excluding hydrogens is 242 g/mol. The fourth-order valence-corrected chi connectivity index (χ4v) is 3.01. The minimum Gasteiger partial charge on any atom is -0.299 e. The van der Waals surface area contributed by atoms with E-state index in [4.69, 9.17) is 11.6 Å². The first-order valence-electron chi connectivity index (χ1n) is 7.03. The molecule has 1 heterocycles. The van der Waals surface area contributed by atoms with Crippen LogP contribution in [0.2, 0.25) is 0 Å². The highest BCUT2D eigenvalue weighted by atomic mass is 35.5. The molecule has 0 saturated carbocycles. The average molecular weight is 266 g/mol. The van der Waals surface area contributed by atoms with Crippen molar-refractivity contribution < 1.29 is 0 Å². The summed E-state index contributed by atoms with van der Waals surface area (Å²) in [6.45, 7) is 8.81. The molecule has 2 atom stereocenters. The Bertz CT molecular complexity index is 402. The number of nitrogens with zero attached hydrogens (tertiary/aromatic N) is 1. The predicted octanol–water partition coefficient (Wildman–Crippen LogP) is 4.46. The lowest BCUT2D eigenvalue weighted by molar-refractivity contribution is 0.161. The zero-order chi connectivity index (χ0) is 13.1. The number of aryl methyl sites for hydroxylation is 2. The molecule has 2 heteroatoms. The maximum absolute atomic E-state index is 6.59. The van der Waals surface area contributed by atoms with Crippen molar-refractivity contribution in [1.82, 2.24) is 4.90 Å². The molecule has 0 aromatic heterocycles. The van der Waals surface area contributed by atoms with Crippen molar-refractivity contribution in [3.05, 3.63) is 34.9 Å². The number of hydrogen-bond acceptors (Lipinski definition) is 1. The molecule has 18 heavy (non-hydrogen) atoms. The SMILES string of the molecule is Cc1ccc(C(Cl)CN2CCCCC2C)cc1C. The molecule has 1 saturated heterocycles. The summed E-state index contributed by atoms with van der Waals surface area (Å²) in [5.74, 6) is 0. The fraction of sp³-hybridized carbons (Fsp3) is 0.625. The lowest BCUT2D eigenvalue weighted by Crippen LogP contribution is -2.39. The van der Waals surface area contributed by atoms with E-state index >= 15 is 0 Å². The van der Waals surface area contributed by atoms with Crippen molar-refractivity contribution in [2.24, 2.45) is 0 Å². The summed E-state index contributed by atoms with van der Waals surface area (Å²) in [4.78, 5) is 2.54. The van der Waals surface area contributed by atoms with E-state index in [-0.39, 0.29) is 5.38 Å². The number of piperidine rings is 1. The predicted molar refractivity (Wildman–Crippen MR) is 79.4 cm³/mol. The number of rotatable bonds is 3. The van der Waals surface area contributed by atoms with E-state index in [9.17, 15) is 0 Å². The van der Waals surface area contributed by atoms with E-state index in [1.54, 1.807) is 0 Å². The van der Waals surface area contributed by atoms with Crippen LogP contribution in [0.4, 0.5) is 0 Å². The Morgan fingerprint density at radius 1 is 1.28 bits per heavy atom. The number of benzene rings is 1. The molecule has 0 bridgehead atoms. The highest BCUT2D eigenvalue weighted by molar-refractivity contribution is 6.21. The first-order chi connectivity index (χ1) is 8.58. The Morgan fingerprint density at radius 2 is 2.06 bits per heavy atom. The standard InChI is InChI=1S/C16H24ClN/c1-12-7-8-15(10-13(12)2)16(17)11-18-9-5-4-6-14(18)3/h7-8,10,14,16H,4-6,9,11H2,1-3H3. The maximum Gasteiger partial charge on any atom is 0.0712 e. The molecule has 1 aliphatic rings. The third-order valence-corrected chi connectivity index (χ3v) is 4.62. The molecular formula is C16H24ClN. The van der Waals surface area contributed by atoms with Gasteiger partial charge in [-0.05, 0) is 56.8 Å². The first-order valence-corrected chi connectivity index (χ1v) is 7.47. The van der Waals surface area contributed by atoms with Crippen molar-refractivity contribution in [3.63, 3.8) is 0 Å². The second-order valence-electron chi connectivity index (χ2n) is 5.65. The van der Waals surface area contributed by atoms with Gasteiger partial charge in [0, 0.05) is 12.6 Å². The largest absolute Gasteiger partial charge is 0.299 e. The third kappa shape index (κ3) is 3.27. The van der Waals surface area contributed by atoms with Gasteiger partial charge in [-0.1, -0.05) is 24.6 Å². The van der Waals surface area contributed by atoms with E-state index in [0.717, 1.165) is 6.54 Å². The van der Waals surface area contributed by atoms with Crippen LogP contribution in [0.15, 0.2) is 18.2 Å². The van der Waals surface area contributed by atoms with Gasteiger partial charge in [-0.3, -0.25) is 4.90 Å². The summed E-state index contributed by atoms with van der Waals surface area (Å²) < 4.78 is 0. The summed E-state index contributed by atoms with van der Waals surface area (Å²) in [5, 5.41) is 0.116. The first kappa shape index (κ1) is 13.9. The normalized spacial score (nSPS) is 23.0. The van der Waals surface area contributed by atoms with Crippen LogP contribution >= 0.6 is 11.6 Å². The molecule has 0 aliphatic carbocycles. The topological polar surface area (TPSA) is 3.24 Å². The number of likely N-dealkylation sites (tertiary alicyclic amines) is 1. The van der Waals surface area contributed by atoms with Crippen molar-refractivity contribution in [3.8, 4) is 0 Å². The Hall–Kier alpha value is -0.530.